The number of pyridine rings is 1. The molecule has 0 spiro atoms. The van der Waals surface area contributed by atoms with Crippen molar-refractivity contribution in [3.8, 4) is 0 Å². The number of nitrogens with zero attached hydrogens (tertiary/aromatic N) is 1. The topological polar surface area (TPSA) is 59.1 Å². The van der Waals surface area contributed by atoms with E-state index in [0.29, 0.717) is 6.42 Å². The minimum Gasteiger partial charge on any atom is -0.265 e. The van der Waals surface area contributed by atoms with E-state index in [-0.39, 0.29) is 11.8 Å². The Labute approximate surface area is 133 Å². The summed E-state index contributed by atoms with van der Waals surface area (Å²) in [7, 11) is -3.32. The Morgan fingerprint density at radius 2 is 1.76 bits per heavy atom. The molecule has 2 aromatic rings. The SMILES string of the molecule is CC(NS(=O)(=O)CCc1ccncc1)c1ccc(Br)cc1. The van der Waals surface area contributed by atoms with Crippen molar-refractivity contribution in [3.05, 3.63) is 64.4 Å². The quantitative estimate of drug-likeness (QED) is 0.852. The van der Waals surface area contributed by atoms with Gasteiger partial charge in [0.2, 0.25) is 10.0 Å². The van der Waals surface area contributed by atoms with Crippen molar-refractivity contribution >= 4 is 26.0 Å². The maximum Gasteiger partial charge on any atom is 0.212 e. The molecule has 1 atom stereocenters. The third-order valence-electron chi connectivity index (χ3n) is 3.14. The van der Waals surface area contributed by atoms with Crippen LogP contribution >= 0.6 is 15.9 Å². The predicted molar refractivity (Wildman–Crippen MR) is 87.4 cm³/mol. The first kappa shape index (κ1) is 16.1. The van der Waals surface area contributed by atoms with Gasteiger partial charge in [0, 0.05) is 22.9 Å². The first-order chi connectivity index (χ1) is 9.96. The lowest BCUT2D eigenvalue weighted by Gasteiger charge is -2.14. The first-order valence-corrected chi connectivity index (χ1v) is 9.05. The molecule has 0 aliphatic rings. The predicted octanol–water partition coefficient (Wildman–Crippen LogP) is 3.07. The van der Waals surface area contributed by atoms with Crippen molar-refractivity contribution in [2.24, 2.45) is 0 Å². The number of aromatic nitrogens is 1. The molecule has 2 rings (SSSR count). The fourth-order valence-corrected chi connectivity index (χ4v) is 3.51. The molecule has 0 saturated carbocycles. The van der Waals surface area contributed by atoms with Gasteiger partial charge in [-0.25, -0.2) is 13.1 Å². The monoisotopic (exact) mass is 368 g/mol. The van der Waals surface area contributed by atoms with E-state index < -0.39 is 10.0 Å². The van der Waals surface area contributed by atoms with Crippen molar-refractivity contribution in [2.45, 2.75) is 19.4 Å². The normalized spacial score (nSPS) is 13.0. The molecular weight excluding hydrogens is 352 g/mol. The Bertz CT molecular complexity index is 673. The van der Waals surface area contributed by atoms with Gasteiger partial charge >= 0.3 is 0 Å². The van der Waals surface area contributed by atoms with Crippen LogP contribution in [-0.2, 0) is 16.4 Å². The van der Waals surface area contributed by atoms with Gasteiger partial charge in [-0.2, -0.15) is 0 Å². The van der Waals surface area contributed by atoms with Gasteiger partial charge in [0.1, 0.15) is 0 Å². The van der Waals surface area contributed by atoms with E-state index in [1.54, 1.807) is 12.4 Å². The molecule has 1 heterocycles. The van der Waals surface area contributed by atoms with Crippen LogP contribution in [0.3, 0.4) is 0 Å². The summed E-state index contributed by atoms with van der Waals surface area (Å²) in [6.07, 6.45) is 3.81. The Morgan fingerprint density at radius 1 is 1.14 bits per heavy atom. The van der Waals surface area contributed by atoms with Gasteiger partial charge in [-0.15, -0.1) is 0 Å². The Morgan fingerprint density at radius 3 is 2.38 bits per heavy atom. The summed E-state index contributed by atoms with van der Waals surface area (Å²) in [4.78, 5) is 3.92. The molecule has 0 bridgehead atoms. The summed E-state index contributed by atoms with van der Waals surface area (Å²) in [5.41, 5.74) is 1.90. The Hall–Kier alpha value is -1.24. The van der Waals surface area contributed by atoms with Gasteiger partial charge in [0.15, 0.2) is 0 Å². The molecule has 1 N–H and O–H groups in total. The highest BCUT2D eigenvalue weighted by atomic mass is 79.9. The number of rotatable bonds is 6. The number of nitrogens with one attached hydrogen (secondary N) is 1. The zero-order valence-corrected chi connectivity index (χ0v) is 14.1. The number of aryl methyl sites for hydroxylation is 1. The second kappa shape index (κ2) is 7.15. The third-order valence-corrected chi connectivity index (χ3v) is 5.12. The molecule has 0 aliphatic heterocycles. The standard InChI is InChI=1S/C15H17BrN2O2S/c1-12(14-2-4-15(16)5-3-14)18-21(19,20)11-8-13-6-9-17-10-7-13/h2-7,9-10,12,18H,8,11H2,1H3. The van der Waals surface area contributed by atoms with E-state index in [0.717, 1.165) is 15.6 Å². The van der Waals surface area contributed by atoms with E-state index in [9.17, 15) is 8.42 Å². The zero-order chi connectivity index (χ0) is 15.3. The summed E-state index contributed by atoms with van der Waals surface area (Å²) in [6, 6.07) is 11.0. The van der Waals surface area contributed by atoms with Crippen LogP contribution in [0.2, 0.25) is 0 Å². The summed E-state index contributed by atoms with van der Waals surface area (Å²) in [6.45, 7) is 1.84. The number of hydrogen-bond donors (Lipinski definition) is 1. The largest absolute Gasteiger partial charge is 0.265 e. The molecule has 0 fully saturated rings. The number of halogens is 1. The zero-order valence-electron chi connectivity index (χ0n) is 11.7. The van der Waals surface area contributed by atoms with Crippen molar-refractivity contribution < 1.29 is 8.42 Å². The molecule has 6 heteroatoms. The molecule has 4 nitrogen and oxygen atoms in total. The minimum absolute atomic E-state index is 0.0673. The Balaban J connectivity index is 1.95. The molecule has 0 aliphatic carbocycles. The lowest BCUT2D eigenvalue weighted by molar-refractivity contribution is 0.566. The first-order valence-electron chi connectivity index (χ1n) is 6.61. The lowest BCUT2D eigenvalue weighted by atomic mass is 10.1. The third kappa shape index (κ3) is 5.22. The van der Waals surface area contributed by atoms with Gasteiger partial charge in [0.05, 0.1) is 5.75 Å². The van der Waals surface area contributed by atoms with Crippen LogP contribution in [0.4, 0.5) is 0 Å². The molecule has 0 radical (unpaired) electrons. The lowest BCUT2D eigenvalue weighted by Crippen LogP contribution is -2.29. The van der Waals surface area contributed by atoms with Crippen LogP contribution in [0.25, 0.3) is 0 Å². The summed E-state index contributed by atoms with van der Waals surface area (Å²) < 4.78 is 27.9. The Kier molecular flexibility index (Phi) is 5.50. The van der Waals surface area contributed by atoms with Crippen LogP contribution in [0.15, 0.2) is 53.3 Å². The highest BCUT2D eigenvalue weighted by Gasteiger charge is 2.15. The molecule has 112 valence electrons. The highest BCUT2D eigenvalue weighted by Crippen LogP contribution is 2.17. The van der Waals surface area contributed by atoms with E-state index >= 15 is 0 Å². The van der Waals surface area contributed by atoms with E-state index in [1.165, 1.54) is 0 Å². The van der Waals surface area contributed by atoms with E-state index in [2.05, 4.69) is 25.6 Å². The van der Waals surface area contributed by atoms with Crippen LogP contribution in [0, 0.1) is 0 Å². The molecule has 21 heavy (non-hydrogen) atoms. The molecular formula is C15H17BrN2O2S. The maximum absolute atomic E-state index is 12.1. The fraction of sp³-hybridized carbons (Fsp3) is 0.267. The maximum atomic E-state index is 12.1. The number of benzene rings is 1. The summed E-state index contributed by atoms with van der Waals surface area (Å²) in [5.74, 6) is 0.0673. The smallest absolute Gasteiger partial charge is 0.212 e. The van der Waals surface area contributed by atoms with Crippen molar-refractivity contribution in [1.82, 2.24) is 9.71 Å². The number of sulfonamides is 1. The molecule has 1 aromatic carbocycles. The number of hydrogen-bond acceptors (Lipinski definition) is 3. The summed E-state index contributed by atoms with van der Waals surface area (Å²) >= 11 is 3.36. The molecule has 0 saturated heterocycles. The van der Waals surface area contributed by atoms with E-state index in [1.807, 2.05) is 43.3 Å². The molecule has 1 unspecified atom stereocenters. The summed E-state index contributed by atoms with van der Waals surface area (Å²) in [5, 5.41) is 0. The van der Waals surface area contributed by atoms with Crippen LogP contribution in [-0.4, -0.2) is 19.2 Å². The van der Waals surface area contributed by atoms with Crippen LogP contribution in [0.1, 0.15) is 24.1 Å². The van der Waals surface area contributed by atoms with Gasteiger partial charge in [-0.05, 0) is 48.7 Å². The second-order valence-electron chi connectivity index (χ2n) is 4.82. The van der Waals surface area contributed by atoms with Crippen LogP contribution < -0.4 is 4.72 Å². The van der Waals surface area contributed by atoms with Crippen molar-refractivity contribution in [2.75, 3.05) is 5.75 Å². The van der Waals surface area contributed by atoms with Crippen molar-refractivity contribution in [3.63, 3.8) is 0 Å². The second-order valence-corrected chi connectivity index (χ2v) is 7.60. The highest BCUT2D eigenvalue weighted by molar-refractivity contribution is 9.10. The van der Waals surface area contributed by atoms with Gasteiger partial charge in [0.25, 0.3) is 0 Å². The van der Waals surface area contributed by atoms with Gasteiger partial charge in [-0.3, -0.25) is 4.98 Å². The van der Waals surface area contributed by atoms with Crippen LogP contribution in [0.5, 0.6) is 0 Å². The minimum atomic E-state index is -3.32. The van der Waals surface area contributed by atoms with Gasteiger partial charge < -0.3 is 0 Å². The molecule has 1 aromatic heterocycles. The van der Waals surface area contributed by atoms with Gasteiger partial charge in [-0.1, -0.05) is 28.1 Å². The van der Waals surface area contributed by atoms with E-state index in [4.69, 9.17) is 0 Å². The average molecular weight is 369 g/mol. The van der Waals surface area contributed by atoms with Crippen molar-refractivity contribution in [1.29, 1.82) is 0 Å². The fourth-order valence-electron chi connectivity index (χ4n) is 1.95. The molecule has 0 amide bonds. The average Bonchev–Trinajstić information content (AvgIpc) is 2.46.